The molecule has 0 radical (unpaired) electrons. The molecular formula is C24H26FN5O3. The van der Waals surface area contributed by atoms with Crippen LogP contribution < -0.4 is 10.1 Å². The molecule has 33 heavy (non-hydrogen) atoms. The summed E-state index contributed by atoms with van der Waals surface area (Å²) in [7, 11) is 0. The summed E-state index contributed by atoms with van der Waals surface area (Å²) in [5.41, 5.74) is 2.63. The summed E-state index contributed by atoms with van der Waals surface area (Å²) >= 11 is 0. The van der Waals surface area contributed by atoms with Gasteiger partial charge in [-0.3, -0.25) is 19.5 Å². The molecule has 1 saturated heterocycles. The van der Waals surface area contributed by atoms with Gasteiger partial charge in [-0.2, -0.15) is 0 Å². The maximum absolute atomic E-state index is 12.9. The Morgan fingerprint density at radius 3 is 2.85 bits per heavy atom. The molecule has 0 bridgehead atoms. The minimum atomic E-state index is -0.812. The molecule has 3 atom stereocenters. The molecule has 8 nitrogen and oxygen atoms in total. The largest absolute Gasteiger partial charge is 0.486 e. The van der Waals surface area contributed by atoms with E-state index >= 15 is 0 Å². The molecule has 172 valence electrons. The highest BCUT2D eigenvalue weighted by Crippen LogP contribution is 2.26. The molecule has 1 saturated carbocycles. The van der Waals surface area contributed by atoms with Crippen molar-refractivity contribution in [2.75, 3.05) is 13.1 Å². The van der Waals surface area contributed by atoms with Crippen LogP contribution in [0.1, 0.15) is 37.2 Å². The molecule has 1 unspecified atom stereocenters. The fraction of sp³-hybridized carbons (Fsp3) is 0.458. The Morgan fingerprint density at radius 2 is 2.15 bits per heavy atom. The van der Waals surface area contributed by atoms with Gasteiger partial charge in [0.25, 0.3) is 11.8 Å². The van der Waals surface area contributed by atoms with Gasteiger partial charge in [-0.05, 0) is 56.5 Å². The van der Waals surface area contributed by atoms with Gasteiger partial charge in [0.15, 0.2) is 0 Å². The van der Waals surface area contributed by atoms with Crippen molar-refractivity contribution in [3.05, 3.63) is 47.3 Å². The Kier molecular flexibility index (Phi) is 5.65. The first-order valence-corrected chi connectivity index (χ1v) is 11.2. The lowest BCUT2D eigenvalue weighted by Crippen LogP contribution is -2.61. The van der Waals surface area contributed by atoms with Crippen LogP contribution in [0.3, 0.4) is 0 Å². The highest BCUT2D eigenvalue weighted by molar-refractivity contribution is 6.16. The topological polar surface area (TPSA) is 96.2 Å². The molecular weight excluding hydrogens is 425 g/mol. The normalized spacial score (nSPS) is 30.8. The van der Waals surface area contributed by atoms with Gasteiger partial charge in [0.05, 0.1) is 11.9 Å². The zero-order valence-electron chi connectivity index (χ0n) is 18.6. The quantitative estimate of drug-likeness (QED) is 0.714. The predicted octanol–water partition coefficient (Wildman–Crippen LogP) is 2.07. The number of nitrogens with one attached hydrogen (secondary N) is 1. The second-order valence-corrected chi connectivity index (χ2v) is 9.08. The van der Waals surface area contributed by atoms with Crippen LogP contribution in [0.4, 0.5) is 4.39 Å². The maximum atomic E-state index is 12.9. The Bertz CT molecular complexity index is 1090. The maximum Gasteiger partial charge on any atom is 0.272 e. The molecule has 0 spiro atoms. The number of pyridine rings is 1. The Labute approximate surface area is 191 Å². The van der Waals surface area contributed by atoms with E-state index in [1.165, 1.54) is 0 Å². The molecule has 1 N–H and O–H groups in total. The number of hydrogen-bond acceptors (Lipinski definition) is 6. The van der Waals surface area contributed by atoms with E-state index in [1.807, 2.05) is 18.4 Å². The van der Waals surface area contributed by atoms with E-state index in [2.05, 4.69) is 32.1 Å². The van der Waals surface area contributed by atoms with Crippen molar-refractivity contribution < 1.29 is 18.7 Å². The van der Waals surface area contributed by atoms with Crippen molar-refractivity contribution >= 4 is 23.7 Å². The third-order valence-electron chi connectivity index (χ3n) is 6.60. The number of fused-ring (bicyclic) bond motifs is 1. The highest BCUT2D eigenvalue weighted by Gasteiger charge is 2.38. The second kappa shape index (κ2) is 8.62. The first-order valence-electron chi connectivity index (χ1n) is 11.2. The number of alkyl halides is 1. The van der Waals surface area contributed by atoms with Crippen molar-refractivity contribution in [1.29, 1.82) is 0 Å². The lowest BCUT2D eigenvalue weighted by Gasteiger charge is -2.46. The fourth-order valence-corrected chi connectivity index (χ4v) is 4.30. The summed E-state index contributed by atoms with van der Waals surface area (Å²) < 4.78 is 18.9. The average molecular weight is 452 g/mol. The number of aromatic nitrogens is 1. The number of carbonyl (C=O) groups is 2. The molecule has 1 aromatic heterocycles. The standard InChI is InChI=1S/C24H26FN5O3/c1-13-5-20-21(29-23(13)31)6-15(9-26-20)11-30-12-22(14(30)2)33-18-3-4-19(27-10-18)24(32)28-17-7-16(25)8-17/h3-6,9-10,14,16-17,20,22H,7-8,11-12H2,1-2H3,(H,28,32)/t14-,16?,17?,20?,22+/m1/s1. The van der Waals surface area contributed by atoms with Crippen LogP contribution in [0, 0.1) is 0 Å². The van der Waals surface area contributed by atoms with E-state index in [1.54, 1.807) is 25.3 Å². The van der Waals surface area contributed by atoms with Gasteiger partial charge < -0.3 is 10.1 Å². The summed E-state index contributed by atoms with van der Waals surface area (Å²) in [4.78, 5) is 39.1. The number of amides is 2. The van der Waals surface area contributed by atoms with Gasteiger partial charge in [0.1, 0.15) is 29.8 Å². The van der Waals surface area contributed by atoms with E-state index in [-0.39, 0.29) is 36.0 Å². The van der Waals surface area contributed by atoms with Gasteiger partial charge in [-0.15, -0.1) is 0 Å². The Balaban J connectivity index is 1.11. The molecule has 5 rings (SSSR count). The van der Waals surface area contributed by atoms with Crippen LogP contribution in [-0.4, -0.2) is 77.1 Å². The molecule has 1 aromatic rings. The number of likely N-dealkylation sites (tertiary alicyclic amines) is 1. The van der Waals surface area contributed by atoms with E-state index in [9.17, 15) is 14.0 Å². The Morgan fingerprint density at radius 1 is 1.33 bits per heavy atom. The summed E-state index contributed by atoms with van der Waals surface area (Å²) in [6.45, 7) is 5.30. The number of dihydropyridines is 2. The third-order valence-corrected chi connectivity index (χ3v) is 6.60. The number of ether oxygens (including phenoxy) is 1. The third kappa shape index (κ3) is 4.50. The molecule has 0 aromatic carbocycles. The SMILES string of the molecule is CC1=CC2N=CC(CN3C[C@H](Oc4ccc(C(=O)NC5CC(F)C5)nc4)[C@H]3C)=CC2=NC1=O. The monoisotopic (exact) mass is 451 g/mol. The van der Waals surface area contributed by atoms with Crippen molar-refractivity contribution in [3.63, 3.8) is 0 Å². The van der Waals surface area contributed by atoms with E-state index in [4.69, 9.17) is 4.74 Å². The molecule has 3 aliphatic heterocycles. The van der Waals surface area contributed by atoms with Gasteiger partial charge in [0, 0.05) is 37.0 Å². The van der Waals surface area contributed by atoms with Crippen LogP contribution >= 0.6 is 0 Å². The van der Waals surface area contributed by atoms with Crippen molar-refractivity contribution in [2.45, 2.75) is 57.1 Å². The molecule has 9 heteroatoms. The van der Waals surface area contributed by atoms with E-state index in [0.29, 0.717) is 42.1 Å². The van der Waals surface area contributed by atoms with Gasteiger partial charge in [-0.25, -0.2) is 14.4 Å². The highest BCUT2D eigenvalue weighted by atomic mass is 19.1. The van der Waals surface area contributed by atoms with Crippen molar-refractivity contribution in [3.8, 4) is 5.75 Å². The molecule has 1 aliphatic carbocycles. The number of aliphatic imine (C=N–C) groups is 2. The Hall–Kier alpha value is -3.20. The second-order valence-electron chi connectivity index (χ2n) is 9.08. The van der Waals surface area contributed by atoms with Gasteiger partial charge in [0.2, 0.25) is 0 Å². The van der Waals surface area contributed by atoms with Crippen LogP contribution in [0.25, 0.3) is 0 Å². The first-order chi connectivity index (χ1) is 15.9. The summed E-state index contributed by atoms with van der Waals surface area (Å²) in [6, 6.07) is 3.28. The van der Waals surface area contributed by atoms with Gasteiger partial charge >= 0.3 is 0 Å². The average Bonchev–Trinajstić information content (AvgIpc) is 2.78. The summed E-state index contributed by atoms with van der Waals surface area (Å²) in [6.07, 6.45) is 7.14. The first kappa shape index (κ1) is 21.6. The lowest BCUT2D eigenvalue weighted by atomic mass is 9.91. The molecule has 4 aliphatic rings. The van der Waals surface area contributed by atoms with E-state index < -0.39 is 6.17 Å². The molecule has 4 heterocycles. The zero-order chi connectivity index (χ0) is 23.1. The number of nitrogens with zero attached hydrogens (tertiary/aromatic N) is 4. The lowest BCUT2D eigenvalue weighted by molar-refractivity contribution is -0.114. The fourth-order valence-electron chi connectivity index (χ4n) is 4.30. The molecule has 2 amide bonds. The van der Waals surface area contributed by atoms with Crippen LogP contribution in [-0.2, 0) is 4.79 Å². The number of carbonyl (C=O) groups excluding carboxylic acids is 2. The van der Waals surface area contributed by atoms with Crippen LogP contribution in [0.2, 0.25) is 0 Å². The van der Waals surface area contributed by atoms with Gasteiger partial charge in [-0.1, -0.05) is 0 Å². The smallest absolute Gasteiger partial charge is 0.272 e. The minimum Gasteiger partial charge on any atom is -0.486 e. The number of rotatable bonds is 6. The van der Waals surface area contributed by atoms with Crippen LogP contribution in [0.15, 0.2) is 51.6 Å². The predicted molar refractivity (Wildman–Crippen MR) is 122 cm³/mol. The van der Waals surface area contributed by atoms with Crippen molar-refractivity contribution in [2.24, 2.45) is 9.98 Å². The zero-order valence-corrected chi connectivity index (χ0v) is 18.6. The summed E-state index contributed by atoms with van der Waals surface area (Å²) in [5, 5.41) is 2.78. The van der Waals surface area contributed by atoms with E-state index in [0.717, 1.165) is 12.1 Å². The van der Waals surface area contributed by atoms with Crippen molar-refractivity contribution in [1.82, 2.24) is 15.2 Å². The number of halogens is 1. The molecule has 2 fully saturated rings. The number of hydrogen-bond donors (Lipinski definition) is 1. The summed E-state index contributed by atoms with van der Waals surface area (Å²) in [5.74, 6) is 0.114. The minimum absolute atomic E-state index is 0.0102. The van der Waals surface area contributed by atoms with Crippen LogP contribution in [0.5, 0.6) is 5.75 Å².